The summed E-state index contributed by atoms with van der Waals surface area (Å²) in [5.74, 6) is 0.679. The maximum absolute atomic E-state index is 6.50. The Morgan fingerprint density at radius 2 is 1.36 bits per heavy atom. The van der Waals surface area contributed by atoms with E-state index in [0.717, 1.165) is 19.8 Å². The number of hydrogen-bond donors (Lipinski definition) is 0. The van der Waals surface area contributed by atoms with Gasteiger partial charge in [0, 0.05) is 19.1 Å². The minimum atomic E-state index is -0.978. The predicted octanol–water partition coefficient (Wildman–Crippen LogP) is 7.14. The average Bonchev–Trinajstić information content (AvgIpc) is 2.65. The lowest BCUT2D eigenvalue weighted by Crippen LogP contribution is -2.27. The zero-order valence-corrected chi connectivity index (χ0v) is 18.6. The molecular weight excluding hydrogens is 323 g/mol. The smallest absolute Gasteiger partial charge is 0.460 e. The van der Waals surface area contributed by atoms with E-state index in [2.05, 4.69) is 13.8 Å². The Hall–Kier alpha value is 0.452. The highest BCUT2D eigenvalue weighted by Gasteiger charge is 2.22. The summed E-state index contributed by atoms with van der Waals surface area (Å²) in [4.78, 5) is 0. The van der Waals surface area contributed by atoms with E-state index in [1.807, 2.05) is 0 Å². The summed E-state index contributed by atoms with van der Waals surface area (Å²) in [5, 5.41) is 2.82. The summed E-state index contributed by atoms with van der Waals surface area (Å²) in [7, 11) is 0. The minimum absolute atomic E-state index is 0.679. The molecule has 25 heavy (non-hydrogen) atoms. The quantitative estimate of drug-likeness (QED) is 0.201. The van der Waals surface area contributed by atoms with Crippen molar-refractivity contribution in [2.75, 3.05) is 19.8 Å². The van der Waals surface area contributed by atoms with Crippen LogP contribution in [0.3, 0.4) is 0 Å². The lowest BCUT2D eigenvalue weighted by molar-refractivity contribution is 0.0345. The molecule has 2 nitrogen and oxygen atoms in total. The molecule has 1 aliphatic heterocycles. The van der Waals surface area contributed by atoms with Crippen molar-refractivity contribution < 1.29 is 8.53 Å². The Bertz CT molecular complexity index is 251. The second-order valence-electron chi connectivity index (χ2n) is 8.15. The topological polar surface area (TPSA) is 18.5 Å². The fraction of sp³-hybridized carbons (Fsp3) is 1.00. The summed E-state index contributed by atoms with van der Waals surface area (Å²) in [5.41, 5.74) is 0. The molecule has 0 N–H and O–H groups in total. The van der Waals surface area contributed by atoms with Crippen molar-refractivity contribution in [3.8, 4) is 0 Å². The molecule has 1 unspecified atom stereocenters. The van der Waals surface area contributed by atoms with E-state index in [1.54, 1.807) is 0 Å². The van der Waals surface area contributed by atoms with Crippen LogP contribution in [0.4, 0.5) is 0 Å². The zero-order chi connectivity index (χ0) is 18.0. The molecule has 3 heteroatoms. The Morgan fingerprint density at radius 1 is 0.800 bits per heavy atom. The monoisotopic (exact) mass is 368 g/mol. The maximum atomic E-state index is 6.50. The molecule has 1 saturated heterocycles. The molecule has 0 aliphatic carbocycles. The molecule has 0 bridgehead atoms. The molecule has 0 radical (unpaired) electrons. The van der Waals surface area contributed by atoms with E-state index in [1.165, 1.54) is 100 Å². The first kappa shape index (κ1) is 23.5. The molecule has 1 rings (SSSR count). The van der Waals surface area contributed by atoms with Crippen LogP contribution in [0.5, 0.6) is 0 Å². The number of ether oxygens (including phenoxy) is 1. The maximum Gasteiger partial charge on any atom is 0.460 e. The van der Waals surface area contributed by atoms with E-state index in [4.69, 9.17) is 8.53 Å². The summed E-state index contributed by atoms with van der Waals surface area (Å²) < 4.78 is 12.1. The van der Waals surface area contributed by atoms with Gasteiger partial charge < -0.3 is 8.53 Å². The molecule has 148 valence electrons. The fourth-order valence-electron chi connectivity index (χ4n) is 3.83. The summed E-state index contributed by atoms with van der Waals surface area (Å²) >= 11 is -0.978. The van der Waals surface area contributed by atoms with Crippen LogP contribution in [0.2, 0.25) is 10.6 Å². The predicted molar refractivity (Wildman–Crippen MR) is 112 cm³/mol. The average molecular weight is 369 g/mol. The van der Waals surface area contributed by atoms with Crippen molar-refractivity contribution in [3.05, 3.63) is 0 Å². The van der Waals surface area contributed by atoms with E-state index >= 15 is 0 Å². The summed E-state index contributed by atoms with van der Waals surface area (Å²) in [6, 6.07) is 0. The largest absolute Gasteiger partial charge is 0.500 e. The first-order valence-electron chi connectivity index (χ1n) is 11.6. The third-order valence-corrected chi connectivity index (χ3v) is 8.35. The Morgan fingerprint density at radius 3 is 1.88 bits per heavy atom. The van der Waals surface area contributed by atoms with Crippen molar-refractivity contribution in [2.24, 2.45) is 5.92 Å². The van der Waals surface area contributed by atoms with Crippen molar-refractivity contribution in [2.45, 2.75) is 114 Å². The zero-order valence-electron chi connectivity index (χ0n) is 17.4. The van der Waals surface area contributed by atoms with Gasteiger partial charge in [0.25, 0.3) is 0 Å². The van der Waals surface area contributed by atoms with Crippen LogP contribution in [0, 0.1) is 5.92 Å². The highest BCUT2D eigenvalue weighted by molar-refractivity contribution is 6.51. The SMILES string of the molecule is CCCCCCC[CH2][Al]([CH2]CCCCCCC)[O]CC1CCCOC1. The van der Waals surface area contributed by atoms with E-state index < -0.39 is 14.5 Å². The van der Waals surface area contributed by atoms with Crippen LogP contribution in [0.15, 0.2) is 0 Å². The normalized spacial score (nSPS) is 17.8. The molecule has 0 amide bonds. The molecule has 0 spiro atoms. The van der Waals surface area contributed by atoms with Gasteiger partial charge in [-0.15, -0.1) is 0 Å². The van der Waals surface area contributed by atoms with E-state index in [-0.39, 0.29) is 0 Å². The van der Waals surface area contributed by atoms with Crippen LogP contribution in [0.25, 0.3) is 0 Å². The molecule has 1 atom stereocenters. The van der Waals surface area contributed by atoms with Gasteiger partial charge in [-0.25, -0.2) is 0 Å². The van der Waals surface area contributed by atoms with Crippen molar-refractivity contribution in [1.82, 2.24) is 0 Å². The van der Waals surface area contributed by atoms with Crippen LogP contribution in [-0.4, -0.2) is 34.3 Å². The number of rotatable bonds is 17. The van der Waals surface area contributed by atoms with Crippen LogP contribution >= 0.6 is 0 Å². The van der Waals surface area contributed by atoms with Gasteiger partial charge in [0.2, 0.25) is 0 Å². The molecule has 1 heterocycles. The summed E-state index contributed by atoms with van der Waals surface area (Å²) in [6.07, 6.45) is 19.5. The molecule has 0 aromatic rings. The second-order valence-corrected chi connectivity index (χ2v) is 10.9. The standard InChI is InChI=1S/2C8H17.C6H11O2.Al/c2*1-3-5-7-8-6-4-2;7-4-6-2-1-3-8-5-6;/h2*1,3-8H2,2H3;6H,1-5H2;/q;;-1;+1. The molecule has 1 aliphatic rings. The van der Waals surface area contributed by atoms with Crippen LogP contribution in [-0.2, 0) is 8.53 Å². The second kappa shape index (κ2) is 17.8. The Kier molecular flexibility index (Phi) is 16.8. The van der Waals surface area contributed by atoms with E-state index in [0.29, 0.717) is 5.92 Å². The third-order valence-electron chi connectivity index (χ3n) is 5.58. The van der Waals surface area contributed by atoms with Gasteiger partial charge in [-0.3, -0.25) is 0 Å². The van der Waals surface area contributed by atoms with Gasteiger partial charge in [0.15, 0.2) is 0 Å². The van der Waals surface area contributed by atoms with Gasteiger partial charge in [0.1, 0.15) is 0 Å². The minimum Gasteiger partial charge on any atom is -0.500 e. The lowest BCUT2D eigenvalue weighted by Gasteiger charge is -2.24. The van der Waals surface area contributed by atoms with Crippen molar-refractivity contribution >= 4 is 14.5 Å². The van der Waals surface area contributed by atoms with Crippen molar-refractivity contribution in [3.63, 3.8) is 0 Å². The van der Waals surface area contributed by atoms with E-state index in [9.17, 15) is 0 Å². The highest BCUT2D eigenvalue weighted by atomic mass is 27.2. The molecule has 1 fully saturated rings. The Labute approximate surface area is 163 Å². The number of hydrogen-bond acceptors (Lipinski definition) is 2. The molecular formula is C22H45AlO2. The molecule has 0 aromatic heterocycles. The first-order chi connectivity index (χ1) is 12.4. The molecule has 0 saturated carbocycles. The van der Waals surface area contributed by atoms with Crippen LogP contribution < -0.4 is 0 Å². The lowest BCUT2D eigenvalue weighted by atomic mass is 10.0. The van der Waals surface area contributed by atoms with Gasteiger partial charge in [-0.05, 0) is 12.8 Å². The van der Waals surface area contributed by atoms with Gasteiger partial charge in [-0.1, -0.05) is 101 Å². The first-order valence-corrected chi connectivity index (χ1v) is 13.7. The molecule has 0 aromatic carbocycles. The number of unbranched alkanes of at least 4 members (excludes halogenated alkanes) is 10. The summed E-state index contributed by atoms with van der Waals surface area (Å²) in [6.45, 7) is 7.49. The van der Waals surface area contributed by atoms with Crippen molar-refractivity contribution in [1.29, 1.82) is 0 Å². The Balaban J connectivity index is 2.15. The van der Waals surface area contributed by atoms with Gasteiger partial charge in [0.05, 0.1) is 6.61 Å². The fourth-order valence-corrected chi connectivity index (χ4v) is 6.48. The third kappa shape index (κ3) is 14.2. The van der Waals surface area contributed by atoms with Gasteiger partial charge in [-0.2, -0.15) is 0 Å². The van der Waals surface area contributed by atoms with Crippen LogP contribution in [0.1, 0.15) is 104 Å². The van der Waals surface area contributed by atoms with Gasteiger partial charge >= 0.3 is 14.5 Å². The highest BCUT2D eigenvalue weighted by Crippen LogP contribution is 2.19.